The zero-order valence-electron chi connectivity index (χ0n) is 13.9. The standard InChI is InChI=1S/C15H26N6O2/c1-4-5-6-7-8-10-19(3)15(16-2)17-9-11-20-13-14(12-18-20)21(22)23/h4,12-13H,1,5-11H2,2-3H3,(H,16,17). The van der Waals surface area contributed by atoms with Crippen LogP contribution in [0.5, 0.6) is 0 Å². The topological polar surface area (TPSA) is 88.6 Å². The molecule has 0 saturated heterocycles. The Labute approximate surface area is 137 Å². The van der Waals surface area contributed by atoms with Gasteiger partial charge in [-0.3, -0.25) is 19.8 Å². The monoisotopic (exact) mass is 322 g/mol. The number of hydrogen-bond acceptors (Lipinski definition) is 4. The molecule has 1 heterocycles. The Hall–Kier alpha value is -2.38. The predicted molar refractivity (Wildman–Crippen MR) is 91.5 cm³/mol. The normalized spacial score (nSPS) is 11.3. The molecule has 1 aromatic heterocycles. The summed E-state index contributed by atoms with van der Waals surface area (Å²) < 4.78 is 1.55. The average molecular weight is 322 g/mol. The molecule has 128 valence electrons. The van der Waals surface area contributed by atoms with Crippen molar-refractivity contribution in [1.82, 2.24) is 20.0 Å². The highest BCUT2D eigenvalue weighted by atomic mass is 16.6. The highest BCUT2D eigenvalue weighted by Crippen LogP contribution is 2.07. The number of nitro groups is 1. The van der Waals surface area contributed by atoms with Crippen LogP contribution in [0.3, 0.4) is 0 Å². The second kappa shape index (κ2) is 10.4. The summed E-state index contributed by atoms with van der Waals surface area (Å²) in [5.74, 6) is 0.815. The van der Waals surface area contributed by atoms with Crippen molar-refractivity contribution in [3.63, 3.8) is 0 Å². The van der Waals surface area contributed by atoms with E-state index < -0.39 is 4.92 Å². The lowest BCUT2D eigenvalue weighted by atomic mass is 10.2. The molecule has 0 aliphatic rings. The Balaban J connectivity index is 2.29. The third kappa shape index (κ3) is 6.94. The smallest absolute Gasteiger partial charge is 0.306 e. The lowest BCUT2D eigenvalue weighted by Gasteiger charge is -2.22. The highest BCUT2D eigenvalue weighted by molar-refractivity contribution is 5.79. The van der Waals surface area contributed by atoms with Gasteiger partial charge in [0.1, 0.15) is 12.4 Å². The number of aliphatic imine (C=N–C) groups is 1. The molecule has 0 aromatic carbocycles. The van der Waals surface area contributed by atoms with Crippen molar-refractivity contribution in [3.05, 3.63) is 35.2 Å². The molecular weight excluding hydrogens is 296 g/mol. The van der Waals surface area contributed by atoms with E-state index in [0.29, 0.717) is 13.1 Å². The van der Waals surface area contributed by atoms with Crippen molar-refractivity contribution in [2.24, 2.45) is 4.99 Å². The van der Waals surface area contributed by atoms with E-state index in [1.807, 2.05) is 13.1 Å². The summed E-state index contributed by atoms with van der Waals surface area (Å²) in [6.45, 7) is 5.80. The molecule has 0 aliphatic carbocycles. The van der Waals surface area contributed by atoms with Crippen LogP contribution in [0.2, 0.25) is 0 Å². The van der Waals surface area contributed by atoms with Gasteiger partial charge in [0.25, 0.3) is 0 Å². The molecule has 0 fully saturated rings. The molecule has 1 aromatic rings. The van der Waals surface area contributed by atoms with Gasteiger partial charge in [-0.2, -0.15) is 5.10 Å². The SMILES string of the molecule is C=CCCCCCN(C)C(=NC)NCCn1cc([N+](=O)[O-])cn1. The van der Waals surface area contributed by atoms with Crippen LogP contribution in [0.25, 0.3) is 0 Å². The van der Waals surface area contributed by atoms with Gasteiger partial charge in [-0.1, -0.05) is 12.5 Å². The van der Waals surface area contributed by atoms with Gasteiger partial charge in [0, 0.05) is 27.2 Å². The van der Waals surface area contributed by atoms with Gasteiger partial charge in [-0.15, -0.1) is 6.58 Å². The maximum atomic E-state index is 10.6. The summed E-state index contributed by atoms with van der Waals surface area (Å²) in [4.78, 5) is 16.5. The van der Waals surface area contributed by atoms with Crippen LogP contribution in [0.4, 0.5) is 5.69 Å². The predicted octanol–water partition coefficient (Wildman–Crippen LogP) is 2.04. The quantitative estimate of drug-likeness (QED) is 0.178. The first kappa shape index (κ1) is 18.7. The second-order valence-electron chi connectivity index (χ2n) is 5.25. The summed E-state index contributed by atoms with van der Waals surface area (Å²) in [5, 5.41) is 17.8. The Morgan fingerprint density at radius 1 is 1.57 bits per heavy atom. The molecule has 8 nitrogen and oxygen atoms in total. The van der Waals surface area contributed by atoms with Crippen molar-refractivity contribution in [1.29, 1.82) is 0 Å². The van der Waals surface area contributed by atoms with E-state index >= 15 is 0 Å². The molecule has 0 atom stereocenters. The van der Waals surface area contributed by atoms with Gasteiger partial charge in [-0.05, 0) is 19.3 Å². The lowest BCUT2D eigenvalue weighted by molar-refractivity contribution is -0.385. The fraction of sp³-hybridized carbons (Fsp3) is 0.600. The number of aromatic nitrogens is 2. The fourth-order valence-electron chi connectivity index (χ4n) is 2.16. The summed E-state index contributed by atoms with van der Waals surface area (Å²) in [7, 11) is 3.75. The number of nitrogens with one attached hydrogen (secondary N) is 1. The van der Waals surface area contributed by atoms with E-state index in [1.165, 1.54) is 25.2 Å². The van der Waals surface area contributed by atoms with E-state index in [0.717, 1.165) is 25.3 Å². The molecule has 1 rings (SSSR count). The van der Waals surface area contributed by atoms with E-state index in [2.05, 4.69) is 26.9 Å². The number of unbranched alkanes of at least 4 members (excludes halogenated alkanes) is 3. The maximum Gasteiger partial charge on any atom is 0.306 e. The third-order valence-corrected chi connectivity index (χ3v) is 3.43. The van der Waals surface area contributed by atoms with Crippen LogP contribution in [0.15, 0.2) is 30.0 Å². The van der Waals surface area contributed by atoms with E-state index in [-0.39, 0.29) is 5.69 Å². The number of hydrogen-bond donors (Lipinski definition) is 1. The Morgan fingerprint density at radius 3 is 2.96 bits per heavy atom. The highest BCUT2D eigenvalue weighted by Gasteiger charge is 2.09. The first-order valence-corrected chi connectivity index (χ1v) is 7.78. The third-order valence-electron chi connectivity index (χ3n) is 3.43. The number of rotatable bonds is 10. The molecule has 23 heavy (non-hydrogen) atoms. The summed E-state index contributed by atoms with van der Waals surface area (Å²) in [6, 6.07) is 0. The first-order chi connectivity index (χ1) is 11.1. The molecule has 8 heteroatoms. The van der Waals surface area contributed by atoms with Crippen LogP contribution in [-0.4, -0.2) is 52.7 Å². The molecular formula is C15H26N6O2. The van der Waals surface area contributed by atoms with Crippen molar-refractivity contribution in [3.8, 4) is 0 Å². The minimum Gasteiger partial charge on any atom is -0.354 e. The van der Waals surface area contributed by atoms with Crippen molar-refractivity contribution in [2.75, 3.05) is 27.2 Å². The summed E-state index contributed by atoms with van der Waals surface area (Å²) >= 11 is 0. The first-order valence-electron chi connectivity index (χ1n) is 7.78. The molecule has 1 N–H and O–H groups in total. The van der Waals surface area contributed by atoms with E-state index in [1.54, 1.807) is 11.7 Å². The van der Waals surface area contributed by atoms with E-state index in [9.17, 15) is 10.1 Å². The molecule has 0 spiro atoms. The van der Waals surface area contributed by atoms with Crippen LogP contribution >= 0.6 is 0 Å². The maximum absolute atomic E-state index is 10.6. The van der Waals surface area contributed by atoms with Gasteiger partial charge < -0.3 is 10.2 Å². The van der Waals surface area contributed by atoms with Gasteiger partial charge in [0.05, 0.1) is 11.5 Å². The lowest BCUT2D eigenvalue weighted by Crippen LogP contribution is -2.40. The molecule has 0 saturated carbocycles. The summed E-state index contributed by atoms with van der Waals surface area (Å²) in [5.41, 5.74) is 0.00558. The van der Waals surface area contributed by atoms with Crippen molar-refractivity contribution < 1.29 is 4.92 Å². The molecule has 0 amide bonds. The van der Waals surface area contributed by atoms with Gasteiger partial charge in [-0.25, -0.2) is 0 Å². The minimum absolute atomic E-state index is 0.00558. The largest absolute Gasteiger partial charge is 0.354 e. The van der Waals surface area contributed by atoms with Crippen LogP contribution < -0.4 is 5.32 Å². The number of guanidine groups is 1. The summed E-state index contributed by atoms with van der Waals surface area (Å²) in [6.07, 6.45) is 9.14. The molecule has 0 unspecified atom stereocenters. The molecule has 0 bridgehead atoms. The Morgan fingerprint density at radius 2 is 2.35 bits per heavy atom. The number of nitrogens with zero attached hydrogens (tertiary/aromatic N) is 5. The Kier molecular flexibility index (Phi) is 8.41. The molecule has 0 radical (unpaired) electrons. The fourth-order valence-corrected chi connectivity index (χ4v) is 2.16. The van der Waals surface area contributed by atoms with Gasteiger partial charge in [0.2, 0.25) is 0 Å². The van der Waals surface area contributed by atoms with Gasteiger partial charge >= 0.3 is 5.69 Å². The number of allylic oxidation sites excluding steroid dienone is 1. The zero-order valence-corrected chi connectivity index (χ0v) is 13.9. The van der Waals surface area contributed by atoms with Crippen molar-refractivity contribution in [2.45, 2.75) is 32.2 Å². The average Bonchev–Trinajstić information content (AvgIpc) is 3.00. The van der Waals surface area contributed by atoms with E-state index in [4.69, 9.17) is 0 Å². The van der Waals surface area contributed by atoms with Crippen LogP contribution in [0.1, 0.15) is 25.7 Å². The van der Waals surface area contributed by atoms with Crippen LogP contribution in [-0.2, 0) is 6.54 Å². The zero-order chi connectivity index (χ0) is 17.1. The molecule has 0 aliphatic heterocycles. The minimum atomic E-state index is -0.448. The second-order valence-corrected chi connectivity index (χ2v) is 5.25. The Bertz CT molecular complexity index is 526. The van der Waals surface area contributed by atoms with Crippen molar-refractivity contribution >= 4 is 11.6 Å². The van der Waals surface area contributed by atoms with Crippen LogP contribution in [0, 0.1) is 10.1 Å². The van der Waals surface area contributed by atoms with Gasteiger partial charge in [0.15, 0.2) is 5.96 Å².